The molecule has 3 heterocycles. The molecule has 5 rings (SSSR count). The first kappa shape index (κ1) is 26.5. The summed E-state index contributed by atoms with van der Waals surface area (Å²) in [4.78, 5) is 1.62. The van der Waals surface area contributed by atoms with Gasteiger partial charge >= 0.3 is 0 Å². The van der Waals surface area contributed by atoms with E-state index in [-0.39, 0.29) is 11.5 Å². The van der Waals surface area contributed by atoms with Gasteiger partial charge in [0.05, 0.1) is 12.8 Å². The normalized spacial score (nSPS) is 17.6. The Morgan fingerprint density at radius 3 is 2.55 bits per heavy atom. The number of nitrogens with one attached hydrogen (secondary N) is 1. The van der Waals surface area contributed by atoms with Crippen molar-refractivity contribution in [2.45, 2.75) is 44.8 Å². The maximum Gasteiger partial charge on any atom is 0.210 e. The van der Waals surface area contributed by atoms with E-state index >= 15 is 0 Å². The Kier molecular flexibility index (Phi) is 7.65. The zero-order valence-corrected chi connectivity index (χ0v) is 23.1. The molecule has 1 unspecified atom stereocenters. The number of fused-ring (bicyclic) bond motifs is 1. The lowest BCUT2D eigenvalue weighted by Gasteiger charge is -2.40. The van der Waals surface area contributed by atoms with Gasteiger partial charge in [-0.1, -0.05) is 49.4 Å². The highest BCUT2D eigenvalue weighted by atomic mass is 32.2. The molecule has 38 heavy (non-hydrogen) atoms. The van der Waals surface area contributed by atoms with Crippen molar-refractivity contribution in [3.63, 3.8) is 0 Å². The summed E-state index contributed by atoms with van der Waals surface area (Å²) in [5.41, 5.74) is 4.11. The molecule has 2 aliphatic heterocycles. The van der Waals surface area contributed by atoms with Gasteiger partial charge in [0.25, 0.3) is 0 Å². The first-order valence-electron chi connectivity index (χ1n) is 13.2. The number of tetrazole rings is 1. The summed E-state index contributed by atoms with van der Waals surface area (Å²) >= 11 is 0. The fourth-order valence-electron chi connectivity index (χ4n) is 5.20. The Labute approximate surface area is 224 Å². The van der Waals surface area contributed by atoms with E-state index in [2.05, 4.69) is 64.1 Å². The van der Waals surface area contributed by atoms with Crippen LogP contribution in [0, 0.1) is 5.92 Å². The van der Waals surface area contributed by atoms with E-state index in [1.807, 2.05) is 18.2 Å². The molecule has 0 saturated carbocycles. The molecule has 9 nitrogen and oxygen atoms in total. The topological polar surface area (TPSA) is 102 Å². The molecular formula is C28H36N6O3S. The molecule has 3 aromatic rings. The summed E-state index contributed by atoms with van der Waals surface area (Å²) in [7, 11) is -1.54. The average Bonchev–Trinajstić information content (AvgIpc) is 3.37. The lowest BCUT2D eigenvalue weighted by Crippen LogP contribution is -2.46. The highest BCUT2D eigenvalue weighted by molar-refractivity contribution is 7.88. The van der Waals surface area contributed by atoms with Gasteiger partial charge in [-0.3, -0.25) is 0 Å². The second kappa shape index (κ2) is 11.0. The van der Waals surface area contributed by atoms with Crippen LogP contribution in [0.3, 0.4) is 0 Å². The molecule has 0 amide bonds. The van der Waals surface area contributed by atoms with Crippen LogP contribution in [0.15, 0.2) is 54.6 Å². The second-order valence-corrected chi connectivity index (χ2v) is 12.6. The van der Waals surface area contributed by atoms with Gasteiger partial charge in [-0.05, 0) is 60.3 Å². The zero-order valence-electron chi connectivity index (χ0n) is 22.3. The van der Waals surface area contributed by atoms with Crippen molar-refractivity contribution in [1.82, 2.24) is 29.8 Å². The number of rotatable bonds is 9. The van der Waals surface area contributed by atoms with Crippen LogP contribution in [-0.2, 0) is 16.6 Å². The number of aromatic nitrogens is 4. The first-order valence-corrected chi connectivity index (χ1v) is 15.1. The molecule has 1 spiro atoms. The van der Waals surface area contributed by atoms with Gasteiger partial charge in [-0.25, -0.2) is 12.7 Å². The highest BCUT2D eigenvalue weighted by Gasteiger charge is 2.36. The fourth-order valence-corrected chi connectivity index (χ4v) is 5.73. The first-order chi connectivity index (χ1) is 18.2. The number of hydrogen-bond acceptors (Lipinski definition) is 7. The van der Waals surface area contributed by atoms with Crippen LogP contribution >= 0.6 is 0 Å². The van der Waals surface area contributed by atoms with E-state index in [0.717, 1.165) is 61.2 Å². The largest absolute Gasteiger partial charge is 0.482 e. The average molecular weight is 537 g/mol. The van der Waals surface area contributed by atoms with Crippen LogP contribution in [0.5, 0.6) is 5.75 Å². The maximum absolute atomic E-state index is 11.6. The molecule has 202 valence electrons. The summed E-state index contributed by atoms with van der Waals surface area (Å²) in [6.45, 7) is 5.10. The van der Waals surface area contributed by atoms with E-state index in [9.17, 15) is 8.42 Å². The van der Waals surface area contributed by atoms with Crippen molar-refractivity contribution in [2.24, 2.45) is 5.92 Å². The van der Waals surface area contributed by atoms with Crippen LogP contribution in [0.25, 0.3) is 17.0 Å². The molecule has 0 aliphatic carbocycles. The number of sulfonamides is 1. The molecular weight excluding hydrogens is 500 g/mol. The molecule has 1 saturated heterocycles. The zero-order chi connectivity index (χ0) is 26.8. The number of benzene rings is 2. The molecule has 1 N–H and O–H groups in total. The van der Waals surface area contributed by atoms with Crippen molar-refractivity contribution < 1.29 is 13.2 Å². The second-order valence-electron chi connectivity index (χ2n) is 10.5. The van der Waals surface area contributed by atoms with Crippen molar-refractivity contribution in [2.75, 3.05) is 32.9 Å². The third-order valence-electron chi connectivity index (χ3n) is 7.44. The summed E-state index contributed by atoms with van der Waals surface area (Å²) in [6, 6.07) is 16.6. The fraction of sp³-hybridized carbons (Fsp3) is 0.464. The van der Waals surface area contributed by atoms with Crippen LogP contribution in [-0.4, -0.2) is 71.5 Å². The predicted molar refractivity (Wildman–Crippen MR) is 148 cm³/mol. The minimum absolute atomic E-state index is 0.249. The Bertz CT molecular complexity index is 1390. The lowest BCUT2D eigenvalue weighted by molar-refractivity contribution is 0.0817. The Morgan fingerprint density at radius 1 is 1.11 bits per heavy atom. The van der Waals surface area contributed by atoms with Crippen LogP contribution in [0.2, 0.25) is 0 Å². The molecule has 0 radical (unpaired) electrons. The standard InChI is InChI=1S/C28H36N6O3S/c1-21(20-33(2)38(3,35)36)7-6-18-34-31-27(30-32-34)23-12-10-22(11-13-23)25-19-28(14-16-29-17-15-28)37-26-9-5-4-8-24(25)26/h4-5,8-13,19,21,29H,6-7,14-18,20H2,1-3H3. The van der Waals surface area contributed by atoms with Crippen molar-refractivity contribution in [3.05, 3.63) is 65.7 Å². The summed E-state index contributed by atoms with van der Waals surface area (Å²) in [5.74, 6) is 1.79. The highest BCUT2D eigenvalue weighted by Crippen LogP contribution is 2.42. The van der Waals surface area contributed by atoms with Gasteiger partial charge in [0.1, 0.15) is 11.4 Å². The SMILES string of the molecule is CC(CCCn1nnc(-c2ccc(C3=CC4(CCNCC4)Oc4ccccc43)cc2)n1)CN(C)S(C)(=O)=O. The maximum atomic E-state index is 11.6. The smallest absolute Gasteiger partial charge is 0.210 e. The lowest BCUT2D eigenvalue weighted by atomic mass is 9.83. The minimum atomic E-state index is -3.15. The summed E-state index contributed by atoms with van der Waals surface area (Å²) < 4.78 is 31.1. The molecule has 0 bridgehead atoms. The van der Waals surface area contributed by atoms with Gasteiger partial charge in [0.15, 0.2) is 0 Å². The Balaban J connectivity index is 1.25. The van der Waals surface area contributed by atoms with Gasteiger partial charge < -0.3 is 10.1 Å². The predicted octanol–water partition coefficient (Wildman–Crippen LogP) is 3.59. The van der Waals surface area contributed by atoms with E-state index in [1.165, 1.54) is 16.1 Å². The van der Waals surface area contributed by atoms with Crippen molar-refractivity contribution in [3.8, 4) is 17.1 Å². The number of hydrogen-bond donors (Lipinski definition) is 1. The number of para-hydroxylation sites is 1. The van der Waals surface area contributed by atoms with Gasteiger partial charge in [0, 0.05) is 37.6 Å². The van der Waals surface area contributed by atoms with E-state index in [4.69, 9.17) is 4.74 Å². The van der Waals surface area contributed by atoms with E-state index < -0.39 is 10.0 Å². The van der Waals surface area contributed by atoms with Crippen LogP contribution in [0.1, 0.15) is 43.7 Å². The third kappa shape index (κ3) is 5.98. The van der Waals surface area contributed by atoms with Crippen LogP contribution in [0.4, 0.5) is 0 Å². The number of piperidine rings is 1. The Hall–Kier alpha value is -3.08. The van der Waals surface area contributed by atoms with Crippen molar-refractivity contribution >= 4 is 15.6 Å². The van der Waals surface area contributed by atoms with E-state index in [0.29, 0.717) is 18.9 Å². The van der Waals surface area contributed by atoms with Gasteiger partial charge in [-0.2, -0.15) is 4.80 Å². The van der Waals surface area contributed by atoms with Crippen molar-refractivity contribution in [1.29, 1.82) is 0 Å². The molecule has 1 fully saturated rings. The monoisotopic (exact) mass is 536 g/mol. The van der Waals surface area contributed by atoms with Gasteiger partial charge in [-0.15, -0.1) is 10.2 Å². The number of ether oxygens (including phenoxy) is 1. The molecule has 1 aromatic heterocycles. The van der Waals surface area contributed by atoms with E-state index in [1.54, 1.807) is 11.8 Å². The quantitative estimate of drug-likeness (QED) is 0.446. The molecule has 10 heteroatoms. The molecule has 2 aliphatic rings. The van der Waals surface area contributed by atoms with Gasteiger partial charge in [0.2, 0.25) is 15.8 Å². The number of nitrogens with zero attached hydrogens (tertiary/aromatic N) is 5. The molecule has 1 atom stereocenters. The summed E-state index contributed by atoms with van der Waals surface area (Å²) in [5, 5.41) is 16.5. The minimum Gasteiger partial charge on any atom is -0.482 e. The number of aryl methyl sites for hydroxylation is 1. The molecule has 2 aromatic carbocycles. The Morgan fingerprint density at radius 2 is 1.82 bits per heavy atom. The van der Waals surface area contributed by atoms with Crippen LogP contribution < -0.4 is 10.1 Å². The third-order valence-corrected chi connectivity index (χ3v) is 8.73. The summed E-state index contributed by atoms with van der Waals surface area (Å²) in [6.07, 6.45) is 7.17.